The lowest BCUT2D eigenvalue weighted by Gasteiger charge is -2.19. The smallest absolute Gasteiger partial charge is 0.254 e. The fourth-order valence-electron chi connectivity index (χ4n) is 2.37. The van der Waals surface area contributed by atoms with Crippen molar-refractivity contribution in [1.82, 2.24) is 5.32 Å². The number of anilines is 1. The van der Waals surface area contributed by atoms with Crippen molar-refractivity contribution in [2.24, 2.45) is 5.92 Å². The van der Waals surface area contributed by atoms with Crippen molar-refractivity contribution in [1.29, 1.82) is 0 Å². The first-order chi connectivity index (χ1) is 9.40. The van der Waals surface area contributed by atoms with E-state index >= 15 is 0 Å². The molecule has 1 aliphatic rings. The van der Waals surface area contributed by atoms with Crippen molar-refractivity contribution < 1.29 is 9.59 Å². The summed E-state index contributed by atoms with van der Waals surface area (Å²) in [7, 11) is 0. The van der Waals surface area contributed by atoms with Gasteiger partial charge in [-0.25, -0.2) is 0 Å². The Labute approximate surface area is 124 Å². The number of benzene rings is 1. The second-order valence-corrected chi connectivity index (χ2v) is 5.95. The molecule has 1 aliphatic heterocycles. The van der Waals surface area contributed by atoms with Gasteiger partial charge in [-0.2, -0.15) is 0 Å². The summed E-state index contributed by atoms with van der Waals surface area (Å²) in [6.45, 7) is 6.30. The predicted molar refractivity (Wildman–Crippen MR) is 79.8 cm³/mol. The van der Waals surface area contributed by atoms with Crippen LogP contribution < -0.4 is 10.2 Å². The molecule has 1 aromatic carbocycles. The van der Waals surface area contributed by atoms with E-state index in [0.29, 0.717) is 17.5 Å². The molecule has 0 aliphatic carbocycles. The Kier molecular flexibility index (Phi) is 4.33. The first kappa shape index (κ1) is 14.9. The minimum absolute atomic E-state index is 0.0851. The third kappa shape index (κ3) is 2.96. The Morgan fingerprint density at radius 1 is 1.45 bits per heavy atom. The zero-order chi connectivity index (χ0) is 14.9. The Bertz CT molecular complexity index is 543. The fraction of sp³-hybridized carbons (Fsp3) is 0.467. The average molecular weight is 295 g/mol. The van der Waals surface area contributed by atoms with Crippen molar-refractivity contribution in [3.8, 4) is 0 Å². The highest BCUT2D eigenvalue weighted by Gasteiger charge is 2.37. The molecule has 2 amide bonds. The van der Waals surface area contributed by atoms with E-state index in [1.165, 1.54) is 6.92 Å². The molecule has 0 fully saturated rings. The van der Waals surface area contributed by atoms with Crippen molar-refractivity contribution in [3.05, 3.63) is 28.8 Å². The molecule has 4 nitrogen and oxygen atoms in total. The van der Waals surface area contributed by atoms with Gasteiger partial charge < -0.3 is 10.2 Å². The number of carbonyl (C=O) groups excluding carboxylic acids is 2. The molecular weight excluding hydrogens is 276 g/mol. The highest BCUT2D eigenvalue weighted by molar-refractivity contribution is 6.31. The largest absolute Gasteiger partial charge is 0.341 e. The first-order valence-corrected chi connectivity index (χ1v) is 7.16. The summed E-state index contributed by atoms with van der Waals surface area (Å²) in [6, 6.07) is 4.75. The molecule has 1 heterocycles. The number of rotatable bonds is 4. The van der Waals surface area contributed by atoms with Crippen LogP contribution in [0, 0.1) is 5.92 Å². The van der Waals surface area contributed by atoms with Gasteiger partial charge in [0.1, 0.15) is 6.04 Å². The van der Waals surface area contributed by atoms with Crippen LogP contribution in [0.4, 0.5) is 5.69 Å². The van der Waals surface area contributed by atoms with Crippen LogP contribution in [0.5, 0.6) is 0 Å². The minimum atomic E-state index is -0.617. The Morgan fingerprint density at radius 3 is 2.75 bits per heavy atom. The topological polar surface area (TPSA) is 49.4 Å². The molecule has 0 radical (unpaired) electrons. The van der Waals surface area contributed by atoms with Crippen LogP contribution in [-0.4, -0.2) is 18.4 Å². The zero-order valence-corrected chi connectivity index (χ0v) is 12.7. The Morgan fingerprint density at radius 2 is 2.15 bits per heavy atom. The molecule has 0 unspecified atom stereocenters. The van der Waals surface area contributed by atoms with E-state index in [4.69, 9.17) is 11.6 Å². The number of hydrogen-bond donors (Lipinski definition) is 1. The number of amides is 2. The molecule has 0 bridgehead atoms. The van der Waals surface area contributed by atoms with Crippen LogP contribution in [0.15, 0.2) is 18.2 Å². The molecule has 5 heteroatoms. The quantitative estimate of drug-likeness (QED) is 0.928. The number of nitrogens with one attached hydrogen (secondary N) is 1. The minimum Gasteiger partial charge on any atom is -0.341 e. The van der Waals surface area contributed by atoms with Crippen LogP contribution in [0.25, 0.3) is 0 Å². The monoisotopic (exact) mass is 294 g/mol. The summed E-state index contributed by atoms with van der Waals surface area (Å²) in [5.41, 5.74) is 1.63. The molecular formula is C15H19ClN2O2. The summed E-state index contributed by atoms with van der Waals surface area (Å²) in [5.74, 6) is 0.205. The van der Waals surface area contributed by atoms with Crippen LogP contribution >= 0.6 is 11.6 Å². The van der Waals surface area contributed by atoms with Crippen LogP contribution in [-0.2, 0) is 9.59 Å². The number of nitrogens with zero attached hydrogens (tertiary/aromatic N) is 1. The van der Waals surface area contributed by atoms with Gasteiger partial charge >= 0.3 is 0 Å². The molecule has 0 saturated heterocycles. The first-order valence-electron chi connectivity index (χ1n) is 6.78. The molecule has 20 heavy (non-hydrogen) atoms. The van der Waals surface area contributed by atoms with Crippen molar-refractivity contribution >= 4 is 29.1 Å². The number of hydrogen-bond acceptors (Lipinski definition) is 2. The lowest BCUT2D eigenvalue weighted by molar-refractivity contribution is -0.126. The maximum absolute atomic E-state index is 12.5. The maximum Gasteiger partial charge on any atom is 0.254 e. The lowest BCUT2D eigenvalue weighted by Crippen LogP contribution is -2.37. The number of halogens is 1. The molecule has 1 aromatic rings. The molecule has 1 N–H and O–H groups in total. The lowest BCUT2D eigenvalue weighted by atomic mass is 10.1. The molecule has 0 spiro atoms. The van der Waals surface area contributed by atoms with E-state index in [1.807, 2.05) is 6.07 Å². The van der Waals surface area contributed by atoms with Gasteiger partial charge in [0.25, 0.3) is 5.91 Å². The summed E-state index contributed by atoms with van der Waals surface area (Å²) in [5, 5.41) is 3.27. The van der Waals surface area contributed by atoms with Gasteiger partial charge in [-0.1, -0.05) is 25.4 Å². The summed E-state index contributed by atoms with van der Waals surface area (Å²) in [4.78, 5) is 25.5. The maximum atomic E-state index is 12.5. The molecule has 2 rings (SSSR count). The van der Waals surface area contributed by atoms with Gasteiger partial charge in [0.05, 0.1) is 0 Å². The van der Waals surface area contributed by atoms with Gasteiger partial charge in [-0.05, 0) is 30.5 Å². The summed E-state index contributed by atoms with van der Waals surface area (Å²) in [6.07, 6.45) is 0.917. The van der Waals surface area contributed by atoms with Crippen LogP contribution in [0.3, 0.4) is 0 Å². The highest BCUT2D eigenvalue weighted by Crippen LogP contribution is 2.37. The highest BCUT2D eigenvalue weighted by atomic mass is 35.5. The fourth-order valence-corrected chi connectivity index (χ4v) is 2.55. The van der Waals surface area contributed by atoms with E-state index < -0.39 is 6.04 Å². The van der Waals surface area contributed by atoms with Gasteiger partial charge in [-0.3, -0.25) is 9.59 Å². The van der Waals surface area contributed by atoms with Gasteiger partial charge in [0.2, 0.25) is 5.91 Å². The van der Waals surface area contributed by atoms with Crippen molar-refractivity contribution in [2.45, 2.75) is 33.2 Å². The second-order valence-electron chi connectivity index (χ2n) is 5.51. The van der Waals surface area contributed by atoms with Crippen LogP contribution in [0.1, 0.15) is 38.8 Å². The Hall–Kier alpha value is -1.55. The van der Waals surface area contributed by atoms with Gasteiger partial charge in [-0.15, -0.1) is 0 Å². The zero-order valence-electron chi connectivity index (χ0n) is 11.9. The number of carbonyl (C=O) groups is 2. The Balaban J connectivity index is 2.33. The predicted octanol–water partition coefficient (Wildman–Crippen LogP) is 2.91. The second kappa shape index (κ2) is 5.83. The number of fused-ring (bicyclic) bond motifs is 1. The molecule has 0 aromatic heterocycles. The average Bonchev–Trinajstić information content (AvgIpc) is 2.60. The summed E-state index contributed by atoms with van der Waals surface area (Å²) < 4.78 is 0. The molecule has 108 valence electrons. The van der Waals surface area contributed by atoms with E-state index in [2.05, 4.69) is 19.2 Å². The summed E-state index contributed by atoms with van der Waals surface area (Å²) >= 11 is 6.01. The molecule has 1 atom stereocenters. The van der Waals surface area contributed by atoms with E-state index in [1.54, 1.807) is 17.0 Å². The van der Waals surface area contributed by atoms with E-state index in [0.717, 1.165) is 17.7 Å². The van der Waals surface area contributed by atoms with Crippen LogP contribution in [0.2, 0.25) is 5.02 Å². The standard InChI is InChI=1S/C15H19ClN2O2/c1-9(2)6-7-18-13-5-4-11(16)8-12(13)14(15(18)20)17-10(3)19/h4-5,8-9,14H,6-7H2,1-3H3,(H,17,19)/t14-/m1/s1. The van der Waals surface area contributed by atoms with Gasteiger partial charge in [0.15, 0.2) is 0 Å². The van der Waals surface area contributed by atoms with E-state index in [-0.39, 0.29) is 11.8 Å². The van der Waals surface area contributed by atoms with E-state index in [9.17, 15) is 9.59 Å². The SMILES string of the molecule is CC(=O)N[C@H]1C(=O)N(CCC(C)C)c2ccc(Cl)cc21. The van der Waals surface area contributed by atoms with Gasteiger partial charge in [0, 0.05) is 29.7 Å². The van der Waals surface area contributed by atoms with Crippen molar-refractivity contribution in [2.75, 3.05) is 11.4 Å². The third-order valence-corrected chi connectivity index (χ3v) is 3.62. The molecule has 0 saturated carbocycles. The van der Waals surface area contributed by atoms with Crippen molar-refractivity contribution in [3.63, 3.8) is 0 Å². The third-order valence-electron chi connectivity index (χ3n) is 3.38. The normalized spacial score (nSPS) is 17.6.